The number of rotatable bonds is 7. The van der Waals surface area contributed by atoms with Gasteiger partial charge in [0.25, 0.3) is 5.91 Å². The number of aryl methyl sites for hydroxylation is 1. The molecule has 0 aliphatic heterocycles. The molecule has 2 rings (SSSR count). The van der Waals surface area contributed by atoms with Gasteiger partial charge in [0.1, 0.15) is 11.4 Å². The van der Waals surface area contributed by atoms with E-state index in [9.17, 15) is 27.6 Å². The number of H-pyrrole nitrogens is 1. The predicted octanol–water partition coefficient (Wildman–Crippen LogP) is 3.89. The van der Waals surface area contributed by atoms with E-state index in [2.05, 4.69) is 15.0 Å². The van der Waals surface area contributed by atoms with Gasteiger partial charge in [0.15, 0.2) is 6.61 Å². The second-order valence-electron chi connectivity index (χ2n) is 6.78. The third-order valence-electron chi connectivity index (χ3n) is 3.89. The molecule has 0 aliphatic rings. The number of carbonyl (C=O) groups is 3. The van der Waals surface area contributed by atoms with E-state index < -0.39 is 36.6 Å². The van der Waals surface area contributed by atoms with Crippen LogP contribution in [0.15, 0.2) is 24.3 Å². The van der Waals surface area contributed by atoms with Crippen LogP contribution in [0, 0.1) is 13.8 Å². The van der Waals surface area contributed by atoms with Crippen LogP contribution in [-0.2, 0) is 14.3 Å². The molecule has 168 valence electrons. The van der Waals surface area contributed by atoms with Crippen LogP contribution < -0.4 is 10.1 Å². The highest BCUT2D eigenvalue weighted by molar-refractivity contribution is 5.99. The zero-order valence-corrected chi connectivity index (χ0v) is 17.2. The number of halogens is 3. The zero-order chi connectivity index (χ0) is 23.3. The Morgan fingerprint density at radius 2 is 1.68 bits per heavy atom. The fraction of sp³-hybridized carbons (Fsp3) is 0.350. The molecule has 0 radical (unpaired) electrons. The number of ether oxygens (including phenoxy) is 3. The van der Waals surface area contributed by atoms with E-state index in [0.717, 1.165) is 12.1 Å². The van der Waals surface area contributed by atoms with Crippen molar-refractivity contribution in [2.45, 2.75) is 40.2 Å². The molecule has 31 heavy (non-hydrogen) atoms. The van der Waals surface area contributed by atoms with Gasteiger partial charge in [-0.3, -0.25) is 4.79 Å². The van der Waals surface area contributed by atoms with Crippen LogP contribution in [0.3, 0.4) is 0 Å². The molecule has 0 atom stereocenters. The number of esters is 2. The van der Waals surface area contributed by atoms with Gasteiger partial charge in [-0.15, -0.1) is 13.2 Å². The quantitative estimate of drug-likeness (QED) is 0.630. The molecule has 0 fully saturated rings. The van der Waals surface area contributed by atoms with Crippen LogP contribution in [0.5, 0.6) is 5.75 Å². The first-order valence-corrected chi connectivity index (χ1v) is 9.10. The highest BCUT2D eigenvalue weighted by Gasteiger charge is 2.31. The first kappa shape index (κ1) is 23.8. The summed E-state index contributed by atoms with van der Waals surface area (Å²) < 4.78 is 50.3. The molecule has 1 amide bonds. The van der Waals surface area contributed by atoms with E-state index in [-0.39, 0.29) is 23.0 Å². The average molecular weight is 442 g/mol. The van der Waals surface area contributed by atoms with Crippen molar-refractivity contribution in [2.24, 2.45) is 0 Å². The van der Waals surface area contributed by atoms with Gasteiger partial charge in [0, 0.05) is 11.4 Å². The van der Waals surface area contributed by atoms with Crippen molar-refractivity contribution in [1.82, 2.24) is 4.98 Å². The molecule has 1 heterocycles. The molecule has 2 aromatic rings. The van der Waals surface area contributed by atoms with Crippen LogP contribution in [0.2, 0.25) is 0 Å². The smallest absolute Gasteiger partial charge is 0.459 e. The van der Waals surface area contributed by atoms with Gasteiger partial charge in [-0.1, -0.05) is 0 Å². The third kappa shape index (κ3) is 6.76. The van der Waals surface area contributed by atoms with Crippen molar-refractivity contribution >= 4 is 23.5 Å². The maximum absolute atomic E-state index is 12.3. The first-order chi connectivity index (χ1) is 14.4. The van der Waals surface area contributed by atoms with Gasteiger partial charge in [0.2, 0.25) is 0 Å². The van der Waals surface area contributed by atoms with Crippen molar-refractivity contribution in [3.63, 3.8) is 0 Å². The Morgan fingerprint density at radius 3 is 2.23 bits per heavy atom. The van der Waals surface area contributed by atoms with Crippen molar-refractivity contribution in [3.8, 4) is 5.75 Å². The van der Waals surface area contributed by atoms with E-state index in [0.29, 0.717) is 11.3 Å². The van der Waals surface area contributed by atoms with Gasteiger partial charge in [0.05, 0.1) is 11.7 Å². The number of carbonyl (C=O) groups excluding carboxylic acids is 3. The number of aromatic nitrogens is 1. The molecule has 8 nitrogen and oxygen atoms in total. The van der Waals surface area contributed by atoms with Gasteiger partial charge >= 0.3 is 18.3 Å². The molecule has 0 bridgehead atoms. The summed E-state index contributed by atoms with van der Waals surface area (Å²) in [6.45, 7) is 5.88. The highest BCUT2D eigenvalue weighted by Crippen LogP contribution is 2.24. The SMILES string of the molecule is Cc1[nH]c(C(=O)OCC(=O)Nc2ccc(OC(F)(F)F)cc2)c(C)c1C(=O)OC(C)C. The van der Waals surface area contributed by atoms with Crippen molar-refractivity contribution < 1.29 is 41.8 Å². The summed E-state index contributed by atoms with van der Waals surface area (Å²) in [5, 5.41) is 2.37. The van der Waals surface area contributed by atoms with Crippen molar-refractivity contribution in [3.05, 3.63) is 46.8 Å². The Hall–Kier alpha value is -3.50. The second kappa shape index (κ2) is 9.54. The first-order valence-electron chi connectivity index (χ1n) is 9.10. The Kier molecular flexibility index (Phi) is 7.32. The molecule has 0 saturated heterocycles. The summed E-state index contributed by atoms with van der Waals surface area (Å²) in [6, 6.07) is 4.45. The number of alkyl halides is 3. The summed E-state index contributed by atoms with van der Waals surface area (Å²) in [5.74, 6) is -2.59. The van der Waals surface area contributed by atoms with E-state index >= 15 is 0 Å². The lowest BCUT2D eigenvalue weighted by Crippen LogP contribution is -2.21. The van der Waals surface area contributed by atoms with Crippen LogP contribution in [0.1, 0.15) is 46.0 Å². The maximum Gasteiger partial charge on any atom is 0.573 e. The minimum Gasteiger partial charge on any atom is -0.459 e. The second-order valence-corrected chi connectivity index (χ2v) is 6.78. The van der Waals surface area contributed by atoms with Gasteiger partial charge in [-0.2, -0.15) is 0 Å². The predicted molar refractivity (Wildman–Crippen MR) is 103 cm³/mol. The number of amides is 1. The molecule has 0 unspecified atom stereocenters. The summed E-state index contributed by atoms with van der Waals surface area (Å²) in [4.78, 5) is 39.2. The minimum atomic E-state index is -4.82. The fourth-order valence-electron chi connectivity index (χ4n) is 2.67. The molecule has 1 aromatic heterocycles. The zero-order valence-electron chi connectivity index (χ0n) is 17.2. The summed E-state index contributed by atoms with van der Waals surface area (Å²) in [7, 11) is 0. The van der Waals surface area contributed by atoms with Crippen LogP contribution in [0.4, 0.5) is 18.9 Å². The maximum atomic E-state index is 12.3. The standard InChI is InChI=1S/C20H21F3N2O6/c1-10(2)30-18(27)16-11(3)17(24-12(16)4)19(28)29-9-15(26)25-13-5-7-14(8-6-13)31-20(21,22)23/h5-8,10,24H,9H2,1-4H3,(H,25,26). The normalized spacial score (nSPS) is 11.2. The Morgan fingerprint density at radius 1 is 1.06 bits per heavy atom. The molecular weight excluding hydrogens is 421 g/mol. The number of hydrogen-bond acceptors (Lipinski definition) is 6. The Bertz CT molecular complexity index is 965. The molecular formula is C20H21F3N2O6. The number of aromatic amines is 1. The van der Waals surface area contributed by atoms with Crippen molar-refractivity contribution in [1.29, 1.82) is 0 Å². The van der Waals surface area contributed by atoms with Gasteiger partial charge in [-0.05, 0) is 57.5 Å². The van der Waals surface area contributed by atoms with E-state index in [1.54, 1.807) is 27.7 Å². The Labute approximate surface area is 175 Å². The topological polar surface area (TPSA) is 107 Å². The third-order valence-corrected chi connectivity index (χ3v) is 3.89. The lowest BCUT2D eigenvalue weighted by atomic mass is 10.1. The highest BCUT2D eigenvalue weighted by atomic mass is 19.4. The van der Waals surface area contributed by atoms with Crippen LogP contribution >= 0.6 is 0 Å². The van der Waals surface area contributed by atoms with Gasteiger partial charge in [-0.25, -0.2) is 9.59 Å². The lowest BCUT2D eigenvalue weighted by molar-refractivity contribution is -0.274. The van der Waals surface area contributed by atoms with Crippen molar-refractivity contribution in [2.75, 3.05) is 11.9 Å². The average Bonchev–Trinajstić information content (AvgIpc) is 2.94. The van der Waals surface area contributed by atoms with E-state index in [1.165, 1.54) is 12.1 Å². The molecule has 0 spiro atoms. The molecule has 11 heteroatoms. The van der Waals surface area contributed by atoms with Gasteiger partial charge < -0.3 is 24.5 Å². The summed E-state index contributed by atoms with van der Waals surface area (Å²) in [5.41, 5.74) is 1.15. The molecule has 1 aromatic carbocycles. The summed E-state index contributed by atoms with van der Waals surface area (Å²) >= 11 is 0. The number of benzene rings is 1. The number of anilines is 1. The lowest BCUT2D eigenvalue weighted by Gasteiger charge is -2.10. The summed E-state index contributed by atoms with van der Waals surface area (Å²) in [6.07, 6.45) is -5.16. The van der Waals surface area contributed by atoms with E-state index in [4.69, 9.17) is 9.47 Å². The largest absolute Gasteiger partial charge is 0.573 e. The molecule has 0 saturated carbocycles. The molecule has 2 N–H and O–H groups in total. The number of nitrogens with one attached hydrogen (secondary N) is 2. The number of hydrogen-bond donors (Lipinski definition) is 2. The minimum absolute atomic E-state index is 0.00894. The van der Waals surface area contributed by atoms with Crippen LogP contribution in [0.25, 0.3) is 0 Å². The Balaban J connectivity index is 1.95. The van der Waals surface area contributed by atoms with E-state index in [1.807, 2.05) is 0 Å². The monoisotopic (exact) mass is 442 g/mol. The van der Waals surface area contributed by atoms with Crippen LogP contribution in [-0.4, -0.2) is 41.9 Å². The molecule has 0 aliphatic carbocycles. The fourth-order valence-corrected chi connectivity index (χ4v) is 2.67.